The average Bonchev–Trinajstić information content (AvgIpc) is 2.60. The van der Waals surface area contributed by atoms with Crippen molar-refractivity contribution >= 4 is 21.6 Å². The second-order valence-corrected chi connectivity index (χ2v) is 7.73. The summed E-state index contributed by atoms with van der Waals surface area (Å²) < 4.78 is 31.0. The van der Waals surface area contributed by atoms with Gasteiger partial charge in [0.05, 0.1) is 18.6 Å². The van der Waals surface area contributed by atoms with Crippen molar-refractivity contribution in [3.63, 3.8) is 0 Å². The number of amides is 1. The van der Waals surface area contributed by atoms with Crippen LogP contribution >= 0.6 is 0 Å². The Labute approximate surface area is 154 Å². The number of carbonyl (C=O) groups excluding carboxylic acids is 1. The number of hydrogen-bond acceptors (Lipinski definition) is 4. The van der Waals surface area contributed by atoms with E-state index in [0.717, 1.165) is 21.9 Å². The number of para-hydroxylation sites is 1. The fourth-order valence-electron chi connectivity index (χ4n) is 2.63. The van der Waals surface area contributed by atoms with Gasteiger partial charge in [-0.2, -0.15) is 0 Å². The molecule has 0 aliphatic carbocycles. The first-order valence-electron chi connectivity index (χ1n) is 8.37. The molecule has 1 N–H and O–H groups in total. The SMILES string of the molecule is CCOc1cccc(CNC(=O)C(C)N(c2ccccc2)S(C)(=O)=O)c1. The van der Waals surface area contributed by atoms with Crippen molar-refractivity contribution in [1.29, 1.82) is 0 Å². The van der Waals surface area contributed by atoms with Gasteiger partial charge in [0.15, 0.2) is 0 Å². The van der Waals surface area contributed by atoms with Gasteiger partial charge < -0.3 is 10.1 Å². The molecule has 0 spiro atoms. The second-order valence-electron chi connectivity index (χ2n) is 5.87. The molecule has 6 nitrogen and oxygen atoms in total. The van der Waals surface area contributed by atoms with E-state index in [1.165, 1.54) is 0 Å². The monoisotopic (exact) mass is 376 g/mol. The van der Waals surface area contributed by atoms with Crippen LogP contribution in [-0.2, 0) is 21.4 Å². The van der Waals surface area contributed by atoms with Gasteiger partial charge in [0.1, 0.15) is 11.8 Å². The third-order valence-corrected chi connectivity index (χ3v) is 5.02. The minimum atomic E-state index is -3.61. The van der Waals surface area contributed by atoms with Crippen LogP contribution in [0.1, 0.15) is 19.4 Å². The molecule has 0 bridgehead atoms. The van der Waals surface area contributed by atoms with Crippen LogP contribution in [0.4, 0.5) is 5.69 Å². The molecule has 1 unspecified atom stereocenters. The van der Waals surface area contributed by atoms with Crippen LogP contribution in [0.2, 0.25) is 0 Å². The Morgan fingerprint density at radius 2 is 1.85 bits per heavy atom. The summed E-state index contributed by atoms with van der Waals surface area (Å²) in [5.74, 6) is 0.357. The van der Waals surface area contributed by atoms with Gasteiger partial charge in [-0.3, -0.25) is 9.10 Å². The van der Waals surface area contributed by atoms with Crippen LogP contribution in [-0.4, -0.2) is 33.2 Å². The van der Waals surface area contributed by atoms with E-state index >= 15 is 0 Å². The third-order valence-electron chi connectivity index (χ3n) is 3.78. The number of carbonyl (C=O) groups is 1. The van der Waals surface area contributed by atoms with Crippen LogP contribution in [0, 0.1) is 0 Å². The molecule has 0 fully saturated rings. The Morgan fingerprint density at radius 3 is 2.46 bits per heavy atom. The number of hydrogen-bond donors (Lipinski definition) is 1. The molecule has 0 radical (unpaired) electrons. The third kappa shape index (κ3) is 5.23. The highest BCUT2D eigenvalue weighted by molar-refractivity contribution is 7.92. The van der Waals surface area contributed by atoms with Gasteiger partial charge in [-0.05, 0) is 43.7 Å². The number of benzene rings is 2. The Hall–Kier alpha value is -2.54. The lowest BCUT2D eigenvalue weighted by molar-refractivity contribution is -0.122. The Morgan fingerprint density at radius 1 is 1.15 bits per heavy atom. The first kappa shape index (κ1) is 19.8. The molecular weight excluding hydrogens is 352 g/mol. The lowest BCUT2D eigenvalue weighted by atomic mass is 10.2. The van der Waals surface area contributed by atoms with E-state index in [1.54, 1.807) is 37.3 Å². The van der Waals surface area contributed by atoms with E-state index in [2.05, 4.69) is 5.32 Å². The first-order chi connectivity index (χ1) is 12.3. The van der Waals surface area contributed by atoms with Crippen molar-refractivity contribution in [2.24, 2.45) is 0 Å². The molecule has 0 saturated heterocycles. The summed E-state index contributed by atoms with van der Waals surface area (Å²) in [6.45, 7) is 4.32. The Kier molecular flexibility index (Phi) is 6.63. The molecule has 0 heterocycles. The van der Waals surface area contributed by atoms with Crippen molar-refractivity contribution in [2.45, 2.75) is 26.4 Å². The summed E-state index contributed by atoms with van der Waals surface area (Å²) in [5, 5.41) is 2.79. The van der Waals surface area contributed by atoms with Crippen LogP contribution in [0.3, 0.4) is 0 Å². The van der Waals surface area contributed by atoms with Crippen LogP contribution in [0.25, 0.3) is 0 Å². The molecule has 0 aromatic heterocycles. The molecule has 0 aliphatic heterocycles. The zero-order valence-corrected chi connectivity index (χ0v) is 16.0. The average molecular weight is 376 g/mol. The topological polar surface area (TPSA) is 75.7 Å². The van der Waals surface area contributed by atoms with Gasteiger partial charge >= 0.3 is 0 Å². The molecule has 1 amide bonds. The van der Waals surface area contributed by atoms with E-state index in [-0.39, 0.29) is 12.5 Å². The number of sulfonamides is 1. The molecular formula is C19H24N2O4S. The molecule has 140 valence electrons. The summed E-state index contributed by atoms with van der Waals surface area (Å²) in [4.78, 5) is 12.5. The highest BCUT2D eigenvalue weighted by atomic mass is 32.2. The van der Waals surface area contributed by atoms with Gasteiger partial charge in [-0.15, -0.1) is 0 Å². The summed E-state index contributed by atoms with van der Waals surface area (Å²) in [6, 6.07) is 15.1. The zero-order valence-electron chi connectivity index (χ0n) is 15.2. The second kappa shape index (κ2) is 8.71. The Bertz CT molecular complexity index is 838. The highest BCUT2D eigenvalue weighted by Gasteiger charge is 2.28. The van der Waals surface area contributed by atoms with Crippen LogP contribution in [0.15, 0.2) is 54.6 Å². The highest BCUT2D eigenvalue weighted by Crippen LogP contribution is 2.20. The molecule has 1 atom stereocenters. The van der Waals surface area contributed by atoms with Crippen LogP contribution < -0.4 is 14.4 Å². The van der Waals surface area contributed by atoms with Gasteiger partial charge in [0.2, 0.25) is 15.9 Å². The lowest BCUT2D eigenvalue weighted by Crippen LogP contribution is -2.47. The maximum atomic E-state index is 12.5. The maximum absolute atomic E-state index is 12.5. The zero-order chi connectivity index (χ0) is 19.2. The molecule has 7 heteroatoms. The summed E-state index contributed by atoms with van der Waals surface area (Å²) in [7, 11) is -3.61. The van der Waals surface area contributed by atoms with Crippen LogP contribution in [0.5, 0.6) is 5.75 Å². The number of ether oxygens (including phenoxy) is 1. The van der Waals surface area contributed by atoms with Crippen molar-refractivity contribution in [3.8, 4) is 5.75 Å². The molecule has 2 aromatic carbocycles. The van der Waals surface area contributed by atoms with E-state index in [0.29, 0.717) is 12.3 Å². The first-order valence-corrected chi connectivity index (χ1v) is 10.2. The molecule has 0 saturated carbocycles. The Balaban J connectivity index is 2.11. The summed E-state index contributed by atoms with van der Waals surface area (Å²) >= 11 is 0. The van der Waals surface area contributed by atoms with Crippen molar-refractivity contribution in [3.05, 3.63) is 60.2 Å². The van der Waals surface area contributed by atoms with E-state index < -0.39 is 16.1 Å². The standard InChI is InChI=1S/C19H24N2O4S/c1-4-25-18-12-8-9-16(13-18)14-20-19(22)15(2)21(26(3,23)24)17-10-6-5-7-11-17/h5-13,15H,4,14H2,1-3H3,(H,20,22). The quantitative estimate of drug-likeness (QED) is 0.768. The van der Waals surface area contributed by atoms with Crippen molar-refractivity contribution < 1.29 is 17.9 Å². The predicted molar refractivity (Wildman–Crippen MR) is 103 cm³/mol. The van der Waals surface area contributed by atoms with Gasteiger partial charge in [0.25, 0.3) is 0 Å². The normalized spacial score (nSPS) is 12.3. The lowest BCUT2D eigenvalue weighted by Gasteiger charge is -2.28. The number of nitrogens with one attached hydrogen (secondary N) is 1. The van der Waals surface area contributed by atoms with Crippen molar-refractivity contribution in [1.82, 2.24) is 5.32 Å². The molecule has 2 rings (SSSR count). The van der Waals surface area contributed by atoms with Gasteiger partial charge in [-0.1, -0.05) is 30.3 Å². The van der Waals surface area contributed by atoms with Crippen molar-refractivity contribution in [2.75, 3.05) is 17.2 Å². The fourth-order valence-corrected chi connectivity index (χ4v) is 3.81. The minimum Gasteiger partial charge on any atom is -0.494 e. The number of anilines is 1. The van der Waals surface area contributed by atoms with Gasteiger partial charge in [-0.25, -0.2) is 8.42 Å². The summed E-state index contributed by atoms with van der Waals surface area (Å²) in [6.07, 6.45) is 1.09. The van der Waals surface area contributed by atoms with E-state index in [1.807, 2.05) is 31.2 Å². The largest absolute Gasteiger partial charge is 0.494 e. The maximum Gasteiger partial charge on any atom is 0.243 e. The fraction of sp³-hybridized carbons (Fsp3) is 0.316. The smallest absolute Gasteiger partial charge is 0.243 e. The van der Waals surface area contributed by atoms with Gasteiger partial charge in [0, 0.05) is 6.54 Å². The molecule has 2 aromatic rings. The van der Waals surface area contributed by atoms with E-state index in [4.69, 9.17) is 4.74 Å². The van der Waals surface area contributed by atoms with E-state index in [9.17, 15) is 13.2 Å². The number of nitrogens with zero attached hydrogens (tertiary/aromatic N) is 1. The minimum absolute atomic E-state index is 0.288. The molecule has 0 aliphatic rings. The number of rotatable bonds is 8. The molecule has 26 heavy (non-hydrogen) atoms. The summed E-state index contributed by atoms with van der Waals surface area (Å²) in [5.41, 5.74) is 1.33. The predicted octanol–water partition coefficient (Wildman–Crippen LogP) is 2.56.